The molecule has 5 heteroatoms. The van der Waals surface area contributed by atoms with Gasteiger partial charge >= 0.3 is 5.97 Å². The van der Waals surface area contributed by atoms with Gasteiger partial charge in [0.2, 0.25) is 5.91 Å². The molecular formula is C21H20N2O3. The Morgan fingerprint density at radius 1 is 1.08 bits per heavy atom. The molecule has 1 heterocycles. The molecule has 4 rings (SSSR count). The van der Waals surface area contributed by atoms with Crippen LogP contribution in [0.5, 0.6) is 0 Å². The number of nitrogens with zero attached hydrogens (tertiary/aromatic N) is 1. The van der Waals surface area contributed by atoms with Crippen LogP contribution in [0.25, 0.3) is 10.9 Å². The molecule has 1 aliphatic rings. The quantitative estimate of drug-likeness (QED) is 0.758. The Morgan fingerprint density at radius 2 is 1.81 bits per heavy atom. The van der Waals surface area contributed by atoms with Crippen LogP contribution in [0.1, 0.15) is 17.7 Å². The number of anilines is 1. The van der Waals surface area contributed by atoms with E-state index < -0.39 is 5.97 Å². The molecule has 0 saturated heterocycles. The summed E-state index contributed by atoms with van der Waals surface area (Å²) < 4.78 is 1.89. The second kappa shape index (κ2) is 6.67. The Hall–Kier alpha value is -3.08. The number of nitrogens with one attached hydrogen (secondary N) is 1. The number of aliphatic carboxylic acids is 1. The molecule has 0 fully saturated rings. The Kier molecular flexibility index (Phi) is 4.21. The van der Waals surface area contributed by atoms with Crippen LogP contribution in [-0.2, 0) is 29.0 Å². The van der Waals surface area contributed by atoms with Crippen LogP contribution in [-0.4, -0.2) is 21.6 Å². The van der Waals surface area contributed by atoms with Crippen LogP contribution in [0.15, 0.2) is 54.6 Å². The molecular weight excluding hydrogens is 328 g/mol. The standard InChI is InChI=1S/C21H20N2O3/c24-20(25)13-23-18-9-5-4-8-16(18)17-12-14(10-11-19(17)23)21(26)22-15-6-2-1-3-7-15/h1-9,14H,10-13H2,(H,22,26)(H,24,25). The van der Waals surface area contributed by atoms with Gasteiger partial charge in [0.15, 0.2) is 0 Å². The number of hydrogen-bond donors (Lipinski definition) is 2. The van der Waals surface area contributed by atoms with E-state index in [4.69, 9.17) is 0 Å². The van der Waals surface area contributed by atoms with Crippen molar-refractivity contribution >= 4 is 28.5 Å². The van der Waals surface area contributed by atoms with Crippen molar-refractivity contribution < 1.29 is 14.7 Å². The lowest BCUT2D eigenvalue weighted by atomic mass is 9.85. The fourth-order valence-corrected chi connectivity index (χ4v) is 3.91. The van der Waals surface area contributed by atoms with Crippen LogP contribution in [0.4, 0.5) is 5.69 Å². The highest BCUT2D eigenvalue weighted by Crippen LogP contribution is 2.34. The number of aromatic nitrogens is 1. The lowest BCUT2D eigenvalue weighted by molar-refractivity contribution is -0.137. The Balaban J connectivity index is 1.64. The zero-order chi connectivity index (χ0) is 18.1. The smallest absolute Gasteiger partial charge is 0.323 e. The number of carbonyl (C=O) groups excluding carboxylic acids is 1. The maximum atomic E-state index is 12.7. The summed E-state index contributed by atoms with van der Waals surface area (Å²) in [4.78, 5) is 24.0. The van der Waals surface area contributed by atoms with E-state index in [-0.39, 0.29) is 18.4 Å². The minimum absolute atomic E-state index is 0.0249. The van der Waals surface area contributed by atoms with Crippen LogP contribution in [0.2, 0.25) is 0 Å². The minimum atomic E-state index is -0.850. The highest BCUT2D eigenvalue weighted by atomic mass is 16.4. The largest absolute Gasteiger partial charge is 0.480 e. The summed E-state index contributed by atoms with van der Waals surface area (Å²) >= 11 is 0. The molecule has 1 unspecified atom stereocenters. The maximum Gasteiger partial charge on any atom is 0.323 e. The number of carboxylic acids is 1. The molecule has 0 radical (unpaired) electrons. The van der Waals surface area contributed by atoms with E-state index in [0.29, 0.717) is 12.8 Å². The fourth-order valence-electron chi connectivity index (χ4n) is 3.91. The monoisotopic (exact) mass is 348 g/mol. The molecule has 0 aliphatic heterocycles. The van der Waals surface area contributed by atoms with Gasteiger partial charge in [0.25, 0.3) is 0 Å². The molecule has 2 aromatic carbocycles. The van der Waals surface area contributed by atoms with Gasteiger partial charge in [0, 0.05) is 28.2 Å². The van der Waals surface area contributed by atoms with Crippen LogP contribution >= 0.6 is 0 Å². The normalized spacial score (nSPS) is 16.2. The van der Waals surface area contributed by atoms with Crippen molar-refractivity contribution in [2.24, 2.45) is 5.92 Å². The van der Waals surface area contributed by atoms with Gasteiger partial charge in [-0.25, -0.2) is 0 Å². The zero-order valence-electron chi connectivity index (χ0n) is 14.3. The van der Waals surface area contributed by atoms with E-state index in [0.717, 1.165) is 34.3 Å². The first-order chi connectivity index (χ1) is 12.6. The lowest BCUT2D eigenvalue weighted by Gasteiger charge is -2.23. The molecule has 1 aromatic heterocycles. The van der Waals surface area contributed by atoms with Gasteiger partial charge in [-0.2, -0.15) is 0 Å². The summed E-state index contributed by atoms with van der Waals surface area (Å²) in [6.45, 7) is -0.0449. The zero-order valence-corrected chi connectivity index (χ0v) is 14.3. The molecule has 1 aliphatic carbocycles. The Bertz CT molecular complexity index is 976. The van der Waals surface area contributed by atoms with Crippen LogP contribution in [0, 0.1) is 5.92 Å². The van der Waals surface area contributed by atoms with Crippen LogP contribution < -0.4 is 5.32 Å². The number of carbonyl (C=O) groups is 2. The van der Waals surface area contributed by atoms with Crippen molar-refractivity contribution in [2.45, 2.75) is 25.8 Å². The molecule has 1 amide bonds. The number of amides is 1. The molecule has 3 aromatic rings. The molecule has 1 atom stereocenters. The highest BCUT2D eigenvalue weighted by Gasteiger charge is 2.29. The predicted molar refractivity (Wildman–Crippen MR) is 100 cm³/mol. The Labute approximate surface area is 151 Å². The van der Waals surface area contributed by atoms with Crippen LogP contribution in [0.3, 0.4) is 0 Å². The molecule has 2 N–H and O–H groups in total. The Morgan fingerprint density at radius 3 is 2.58 bits per heavy atom. The highest BCUT2D eigenvalue weighted by molar-refractivity contribution is 5.94. The summed E-state index contributed by atoms with van der Waals surface area (Å²) in [6.07, 6.45) is 2.08. The average Bonchev–Trinajstić information content (AvgIpc) is 2.96. The van der Waals surface area contributed by atoms with Gasteiger partial charge in [0.05, 0.1) is 0 Å². The third kappa shape index (κ3) is 2.96. The number of hydrogen-bond acceptors (Lipinski definition) is 2. The van der Waals surface area contributed by atoms with Crippen molar-refractivity contribution in [3.8, 4) is 0 Å². The van der Waals surface area contributed by atoms with E-state index >= 15 is 0 Å². The molecule has 0 bridgehead atoms. The summed E-state index contributed by atoms with van der Waals surface area (Å²) in [5.74, 6) is -0.929. The van der Waals surface area contributed by atoms with Crippen molar-refractivity contribution in [2.75, 3.05) is 5.32 Å². The van der Waals surface area contributed by atoms with Gasteiger partial charge in [-0.3, -0.25) is 9.59 Å². The summed E-state index contributed by atoms with van der Waals surface area (Å²) in [5, 5.41) is 13.3. The maximum absolute atomic E-state index is 12.7. The second-order valence-electron chi connectivity index (χ2n) is 6.72. The third-order valence-electron chi connectivity index (χ3n) is 5.08. The lowest BCUT2D eigenvalue weighted by Crippen LogP contribution is -2.28. The number of rotatable bonds is 4. The topological polar surface area (TPSA) is 71.3 Å². The third-order valence-corrected chi connectivity index (χ3v) is 5.08. The molecule has 132 valence electrons. The van der Waals surface area contributed by atoms with Gasteiger partial charge < -0.3 is 15.0 Å². The molecule has 5 nitrogen and oxygen atoms in total. The number of para-hydroxylation sites is 2. The fraction of sp³-hybridized carbons (Fsp3) is 0.238. The van der Waals surface area contributed by atoms with E-state index in [1.807, 2.05) is 59.2 Å². The predicted octanol–water partition coefficient (Wildman–Crippen LogP) is 3.47. The van der Waals surface area contributed by atoms with Crippen molar-refractivity contribution in [3.05, 3.63) is 65.9 Å². The molecule has 0 saturated carbocycles. The molecule has 0 spiro atoms. The first-order valence-corrected chi connectivity index (χ1v) is 8.80. The SMILES string of the molecule is O=C(O)Cn1c2c(c3ccccc31)CC(C(=O)Nc1ccccc1)CC2. The summed E-state index contributed by atoms with van der Waals surface area (Å²) in [7, 11) is 0. The van der Waals surface area contributed by atoms with E-state index in [1.165, 1.54) is 0 Å². The van der Waals surface area contributed by atoms with Gasteiger partial charge in [-0.1, -0.05) is 36.4 Å². The van der Waals surface area contributed by atoms with E-state index in [9.17, 15) is 14.7 Å². The average molecular weight is 348 g/mol. The number of carboxylic acid groups (broad SMARTS) is 1. The van der Waals surface area contributed by atoms with E-state index in [1.54, 1.807) is 0 Å². The van der Waals surface area contributed by atoms with E-state index in [2.05, 4.69) is 5.32 Å². The van der Waals surface area contributed by atoms with Gasteiger partial charge in [-0.05, 0) is 43.0 Å². The van der Waals surface area contributed by atoms with Crippen molar-refractivity contribution in [1.82, 2.24) is 4.57 Å². The van der Waals surface area contributed by atoms with Crippen molar-refractivity contribution in [1.29, 1.82) is 0 Å². The first kappa shape index (κ1) is 16.4. The summed E-state index contributed by atoms with van der Waals surface area (Å²) in [6, 6.07) is 17.3. The second-order valence-corrected chi connectivity index (χ2v) is 6.72. The molecule has 26 heavy (non-hydrogen) atoms. The van der Waals surface area contributed by atoms with Gasteiger partial charge in [-0.15, -0.1) is 0 Å². The number of fused-ring (bicyclic) bond motifs is 3. The summed E-state index contributed by atoms with van der Waals surface area (Å²) in [5.41, 5.74) is 3.90. The first-order valence-electron chi connectivity index (χ1n) is 8.80. The van der Waals surface area contributed by atoms with Gasteiger partial charge in [0.1, 0.15) is 6.54 Å². The number of benzene rings is 2. The van der Waals surface area contributed by atoms with Crippen molar-refractivity contribution in [3.63, 3.8) is 0 Å². The minimum Gasteiger partial charge on any atom is -0.480 e.